The molecule has 0 radical (unpaired) electrons. The summed E-state index contributed by atoms with van der Waals surface area (Å²) in [6.45, 7) is 2.71. The molecule has 1 aromatic heterocycles. The van der Waals surface area contributed by atoms with Crippen molar-refractivity contribution in [2.75, 3.05) is 26.7 Å². The van der Waals surface area contributed by atoms with Gasteiger partial charge >= 0.3 is 0 Å². The number of benzene rings is 1. The molecule has 1 saturated heterocycles. The van der Waals surface area contributed by atoms with Crippen molar-refractivity contribution in [2.45, 2.75) is 18.3 Å². The first kappa shape index (κ1) is 13.6. The number of likely N-dealkylation sites (tertiary alicyclic amines) is 1. The number of aromatic nitrogens is 1. The van der Waals surface area contributed by atoms with Crippen LogP contribution in [0.4, 0.5) is 4.39 Å². The van der Waals surface area contributed by atoms with Gasteiger partial charge in [-0.15, -0.1) is 0 Å². The largest absolute Gasteiger partial charge is 0.348 e. The lowest BCUT2D eigenvalue weighted by molar-refractivity contribution is 0.192. The van der Waals surface area contributed by atoms with Gasteiger partial charge in [-0.25, -0.2) is 4.39 Å². The number of piperidine rings is 1. The third kappa shape index (κ3) is 1.95. The van der Waals surface area contributed by atoms with Crippen LogP contribution in [-0.4, -0.2) is 36.1 Å². The van der Waals surface area contributed by atoms with Gasteiger partial charge in [0.2, 0.25) is 0 Å². The normalized spacial score (nSPS) is 19.6. The van der Waals surface area contributed by atoms with Gasteiger partial charge in [-0.1, -0.05) is 12.1 Å². The number of para-hydroxylation sites is 1. The number of fused-ring (bicyclic) bond motifs is 1. The van der Waals surface area contributed by atoms with E-state index in [9.17, 15) is 4.39 Å². The van der Waals surface area contributed by atoms with E-state index in [1.807, 2.05) is 17.7 Å². The molecule has 108 valence electrons. The monoisotopic (exact) mass is 275 g/mol. The van der Waals surface area contributed by atoms with Crippen LogP contribution in [-0.2, 0) is 12.5 Å². The minimum Gasteiger partial charge on any atom is -0.348 e. The van der Waals surface area contributed by atoms with Crippen molar-refractivity contribution >= 4 is 10.9 Å². The van der Waals surface area contributed by atoms with E-state index < -0.39 is 0 Å². The highest BCUT2D eigenvalue weighted by Crippen LogP contribution is 2.39. The fourth-order valence-electron chi connectivity index (χ4n) is 3.47. The fraction of sp³-hybridized carbons (Fsp3) is 0.500. The molecule has 0 amide bonds. The maximum atomic E-state index is 14.1. The van der Waals surface area contributed by atoms with Crippen molar-refractivity contribution in [3.05, 3.63) is 35.8 Å². The lowest BCUT2D eigenvalue weighted by Gasteiger charge is -2.40. The number of halogens is 1. The zero-order chi connectivity index (χ0) is 14.3. The molecule has 3 rings (SSSR count). The van der Waals surface area contributed by atoms with Gasteiger partial charge in [0.25, 0.3) is 0 Å². The minimum atomic E-state index is -0.156. The van der Waals surface area contributed by atoms with Crippen LogP contribution < -0.4 is 5.73 Å². The fourth-order valence-corrected chi connectivity index (χ4v) is 3.47. The summed E-state index contributed by atoms with van der Waals surface area (Å²) in [4.78, 5) is 2.33. The third-order valence-corrected chi connectivity index (χ3v) is 4.86. The molecule has 0 aliphatic carbocycles. The van der Waals surface area contributed by atoms with Crippen LogP contribution in [0.3, 0.4) is 0 Å². The summed E-state index contributed by atoms with van der Waals surface area (Å²) in [6, 6.07) is 5.33. The summed E-state index contributed by atoms with van der Waals surface area (Å²) in [6.07, 6.45) is 4.15. The van der Waals surface area contributed by atoms with Gasteiger partial charge in [0.1, 0.15) is 5.82 Å². The average molecular weight is 275 g/mol. The first-order chi connectivity index (χ1) is 9.57. The Labute approximate surface area is 119 Å². The van der Waals surface area contributed by atoms with Gasteiger partial charge in [0, 0.05) is 30.6 Å². The Kier molecular flexibility index (Phi) is 3.30. The van der Waals surface area contributed by atoms with Crippen molar-refractivity contribution in [1.29, 1.82) is 0 Å². The second-order valence-corrected chi connectivity index (χ2v) is 6.08. The number of nitrogens with two attached hydrogens (primary N) is 1. The molecule has 2 heterocycles. The van der Waals surface area contributed by atoms with Crippen molar-refractivity contribution in [1.82, 2.24) is 9.47 Å². The first-order valence-electron chi connectivity index (χ1n) is 7.20. The van der Waals surface area contributed by atoms with E-state index >= 15 is 0 Å². The quantitative estimate of drug-likeness (QED) is 0.912. The minimum absolute atomic E-state index is 0.0141. The zero-order valence-electron chi connectivity index (χ0n) is 12.2. The van der Waals surface area contributed by atoms with Crippen LogP contribution in [0.1, 0.15) is 18.4 Å². The number of hydrogen-bond acceptors (Lipinski definition) is 2. The molecule has 0 spiro atoms. The molecule has 0 unspecified atom stereocenters. The number of rotatable bonds is 2. The smallest absolute Gasteiger partial charge is 0.147 e. The van der Waals surface area contributed by atoms with Gasteiger partial charge < -0.3 is 15.2 Å². The summed E-state index contributed by atoms with van der Waals surface area (Å²) in [5.41, 5.74) is 8.02. The van der Waals surface area contributed by atoms with Crippen LogP contribution in [0.2, 0.25) is 0 Å². The summed E-state index contributed by atoms with van der Waals surface area (Å²) in [7, 11) is 4.05. The highest BCUT2D eigenvalue weighted by atomic mass is 19.1. The van der Waals surface area contributed by atoms with Gasteiger partial charge in [0.15, 0.2) is 0 Å². The maximum Gasteiger partial charge on any atom is 0.147 e. The average Bonchev–Trinajstić information content (AvgIpc) is 2.79. The molecule has 2 aromatic rings. The standard InChI is InChI=1S/C16H22FN3/c1-19-8-6-16(11-18,7-9-19)13-10-20(2)15-12(13)4-3-5-14(15)17/h3-5,10H,6-9,11,18H2,1-2H3. The van der Waals surface area contributed by atoms with Crippen molar-refractivity contribution < 1.29 is 4.39 Å². The van der Waals surface area contributed by atoms with E-state index in [2.05, 4.69) is 18.1 Å². The van der Waals surface area contributed by atoms with Gasteiger partial charge in [-0.3, -0.25) is 0 Å². The van der Waals surface area contributed by atoms with E-state index in [1.165, 1.54) is 11.6 Å². The Balaban J connectivity index is 2.16. The summed E-state index contributed by atoms with van der Waals surface area (Å²) in [5.74, 6) is -0.156. The molecule has 0 atom stereocenters. The molecular formula is C16H22FN3. The van der Waals surface area contributed by atoms with E-state index in [0.717, 1.165) is 31.3 Å². The molecular weight excluding hydrogens is 253 g/mol. The van der Waals surface area contributed by atoms with E-state index in [4.69, 9.17) is 5.73 Å². The van der Waals surface area contributed by atoms with Gasteiger partial charge in [0.05, 0.1) is 5.52 Å². The maximum absolute atomic E-state index is 14.1. The lowest BCUT2D eigenvalue weighted by Crippen LogP contribution is -2.45. The lowest BCUT2D eigenvalue weighted by atomic mass is 9.73. The summed E-state index contributed by atoms with van der Waals surface area (Å²) >= 11 is 0. The summed E-state index contributed by atoms with van der Waals surface area (Å²) in [5, 5.41) is 1.02. The Bertz CT molecular complexity index is 624. The second kappa shape index (κ2) is 4.86. The van der Waals surface area contributed by atoms with Gasteiger partial charge in [-0.2, -0.15) is 0 Å². The Morgan fingerprint density at radius 3 is 2.60 bits per heavy atom. The Morgan fingerprint density at radius 2 is 1.95 bits per heavy atom. The second-order valence-electron chi connectivity index (χ2n) is 6.08. The van der Waals surface area contributed by atoms with Crippen LogP contribution in [0.15, 0.2) is 24.4 Å². The van der Waals surface area contributed by atoms with E-state index in [-0.39, 0.29) is 11.2 Å². The van der Waals surface area contributed by atoms with Crippen LogP contribution in [0.5, 0.6) is 0 Å². The number of nitrogens with zero attached hydrogens (tertiary/aromatic N) is 2. The first-order valence-corrected chi connectivity index (χ1v) is 7.20. The highest BCUT2D eigenvalue weighted by Gasteiger charge is 2.36. The molecule has 1 aliphatic heterocycles. The van der Waals surface area contributed by atoms with E-state index in [1.54, 1.807) is 6.07 Å². The predicted molar refractivity (Wildman–Crippen MR) is 80.3 cm³/mol. The van der Waals surface area contributed by atoms with E-state index in [0.29, 0.717) is 12.1 Å². The molecule has 1 aliphatic rings. The molecule has 2 N–H and O–H groups in total. The molecule has 0 bridgehead atoms. The molecule has 1 fully saturated rings. The topological polar surface area (TPSA) is 34.2 Å². The molecule has 1 aromatic carbocycles. The number of hydrogen-bond donors (Lipinski definition) is 1. The van der Waals surface area contributed by atoms with Crippen LogP contribution in [0.25, 0.3) is 10.9 Å². The molecule has 20 heavy (non-hydrogen) atoms. The molecule has 4 heteroatoms. The van der Waals surface area contributed by atoms with Crippen molar-refractivity contribution in [2.24, 2.45) is 12.8 Å². The SMILES string of the molecule is CN1CCC(CN)(c2cn(C)c3c(F)cccc23)CC1. The van der Waals surface area contributed by atoms with Gasteiger partial charge in [-0.05, 0) is 44.6 Å². The van der Waals surface area contributed by atoms with Crippen LogP contribution >= 0.6 is 0 Å². The predicted octanol–water partition coefficient (Wildman–Crippen LogP) is 2.24. The van der Waals surface area contributed by atoms with Crippen molar-refractivity contribution in [3.63, 3.8) is 0 Å². The Hall–Kier alpha value is -1.39. The third-order valence-electron chi connectivity index (χ3n) is 4.86. The van der Waals surface area contributed by atoms with Crippen LogP contribution in [0, 0.1) is 5.82 Å². The number of aryl methyl sites for hydroxylation is 1. The summed E-state index contributed by atoms with van der Waals surface area (Å²) < 4.78 is 16.0. The zero-order valence-corrected chi connectivity index (χ0v) is 12.2. The van der Waals surface area contributed by atoms with Crippen molar-refractivity contribution in [3.8, 4) is 0 Å². The molecule has 3 nitrogen and oxygen atoms in total. The highest BCUT2D eigenvalue weighted by molar-refractivity contribution is 5.85. The Morgan fingerprint density at radius 1 is 1.25 bits per heavy atom. The molecule has 0 saturated carbocycles.